The van der Waals surface area contributed by atoms with E-state index in [2.05, 4.69) is 4.72 Å². The average molecular weight is 402 g/mol. The van der Waals surface area contributed by atoms with Crippen molar-refractivity contribution in [2.45, 2.75) is 23.1 Å². The minimum absolute atomic E-state index is 0.0488. The van der Waals surface area contributed by atoms with Crippen molar-refractivity contribution in [3.8, 4) is 0 Å². The maximum Gasteiger partial charge on any atom is 0.271 e. The molecule has 0 amide bonds. The molecule has 1 saturated heterocycles. The summed E-state index contributed by atoms with van der Waals surface area (Å²) in [6.07, 6.45) is 1.27. The third-order valence-electron chi connectivity index (χ3n) is 4.06. The maximum atomic E-state index is 12.3. The van der Waals surface area contributed by atoms with E-state index in [1.807, 2.05) is 4.90 Å². The molecule has 25 heavy (non-hydrogen) atoms. The summed E-state index contributed by atoms with van der Waals surface area (Å²) in [7, 11) is -3.47. The standard InChI is InChI=1S/C15H16ClN3O4S2/c16-13-10-12(19(20)21)3-4-14(13)18-7-5-11(6-8-18)17-25(22,23)15-2-1-9-24-15/h1-4,9-11,17H,5-8H2. The Morgan fingerprint density at radius 2 is 2.00 bits per heavy atom. The smallest absolute Gasteiger partial charge is 0.271 e. The van der Waals surface area contributed by atoms with Gasteiger partial charge in [0, 0.05) is 31.3 Å². The lowest BCUT2D eigenvalue weighted by Crippen LogP contribution is -2.44. The van der Waals surface area contributed by atoms with Gasteiger partial charge in [-0.2, -0.15) is 0 Å². The third-order valence-corrected chi connectivity index (χ3v) is 7.28. The second-order valence-corrected chi connectivity index (χ2v) is 9.00. The van der Waals surface area contributed by atoms with E-state index in [1.54, 1.807) is 23.6 Å². The van der Waals surface area contributed by atoms with Gasteiger partial charge >= 0.3 is 0 Å². The van der Waals surface area contributed by atoms with E-state index in [0.717, 1.165) is 5.69 Å². The number of hydrogen-bond acceptors (Lipinski definition) is 6. The van der Waals surface area contributed by atoms with Crippen LogP contribution in [0.2, 0.25) is 5.02 Å². The number of nitrogens with zero attached hydrogens (tertiary/aromatic N) is 2. The number of benzene rings is 1. The first-order valence-corrected chi connectivity index (χ1v) is 10.4. The lowest BCUT2D eigenvalue weighted by molar-refractivity contribution is -0.384. The summed E-state index contributed by atoms with van der Waals surface area (Å²) in [5.41, 5.74) is 0.680. The number of sulfonamides is 1. The molecule has 0 atom stereocenters. The highest BCUT2D eigenvalue weighted by atomic mass is 35.5. The predicted molar refractivity (Wildman–Crippen MR) is 98.0 cm³/mol. The summed E-state index contributed by atoms with van der Waals surface area (Å²) in [5.74, 6) is 0. The second-order valence-electron chi connectivity index (χ2n) is 5.71. The number of nitro benzene ring substituents is 1. The Hall–Kier alpha value is -1.68. The van der Waals surface area contributed by atoms with Gasteiger partial charge in [0.15, 0.2) is 0 Å². The Morgan fingerprint density at radius 3 is 2.56 bits per heavy atom. The maximum absolute atomic E-state index is 12.3. The quantitative estimate of drug-likeness (QED) is 0.613. The highest BCUT2D eigenvalue weighted by Crippen LogP contribution is 2.31. The summed E-state index contributed by atoms with van der Waals surface area (Å²) < 4.78 is 27.6. The van der Waals surface area contributed by atoms with Crippen LogP contribution in [0.3, 0.4) is 0 Å². The molecule has 0 unspecified atom stereocenters. The molecule has 0 radical (unpaired) electrons. The van der Waals surface area contributed by atoms with E-state index >= 15 is 0 Å². The number of hydrogen-bond donors (Lipinski definition) is 1. The minimum atomic E-state index is -3.47. The van der Waals surface area contributed by atoms with E-state index in [-0.39, 0.29) is 11.7 Å². The summed E-state index contributed by atoms with van der Waals surface area (Å²) in [4.78, 5) is 12.3. The molecular weight excluding hydrogens is 386 g/mol. The molecule has 10 heteroatoms. The van der Waals surface area contributed by atoms with Gasteiger partial charge in [-0.25, -0.2) is 13.1 Å². The van der Waals surface area contributed by atoms with Gasteiger partial charge in [0.25, 0.3) is 5.69 Å². The Labute approximate surface area is 154 Å². The fourth-order valence-electron chi connectivity index (χ4n) is 2.80. The van der Waals surface area contributed by atoms with E-state index in [0.29, 0.717) is 35.2 Å². The van der Waals surface area contributed by atoms with E-state index < -0.39 is 14.9 Å². The van der Waals surface area contributed by atoms with E-state index in [1.165, 1.54) is 23.5 Å². The van der Waals surface area contributed by atoms with Gasteiger partial charge in [0.1, 0.15) is 4.21 Å². The first-order valence-electron chi connectivity index (χ1n) is 7.61. The number of anilines is 1. The van der Waals surface area contributed by atoms with Crippen LogP contribution in [0.4, 0.5) is 11.4 Å². The molecule has 2 aromatic rings. The summed E-state index contributed by atoms with van der Waals surface area (Å²) >= 11 is 7.35. The first-order chi connectivity index (χ1) is 11.9. The van der Waals surface area contributed by atoms with Crippen molar-refractivity contribution in [2.75, 3.05) is 18.0 Å². The van der Waals surface area contributed by atoms with Crippen molar-refractivity contribution in [1.29, 1.82) is 0 Å². The molecule has 7 nitrogen and oxygen atoms in total. The van der Waals surface area contributed by atoms with Crippen LogP contribution in [0.25, 0.3) is 0 Å². The molecule has 3 rings (SSSR count). The van der Waals surface area contributed by atoms with Gasteiger partial charge < -0.3 is 4.90 Å². The van der Waals surface area contributed by atoms with Gasteiger partial charge in [-0.05, 0) is 30.4 Å². The number of nitro groups is 1. The van der Waals surface area contributed by atoms with Crippen LogP contribution in [0, 0.1) is 10.1 Å². The lowest BCUT2D eigenvalue weighted by Gasteiger charge is -2.34. The molecule has 1 fully saturated rings. The fraction of sp³-hybridized carbons (Fsp3) is 0.333. The summed E-state index contributed by atoms with van der Waals surface area (Å²) in [6.45, 7) is 1.24. The van der Waals surface area contributed by atoms with Crippen LogP contribution in [-0.4, -0.2) is 32.5 Å². The molecule has 1 aliphatic rings. The largest absolute Gasteiger partial charge is 0.370 e. The van der Waals surface area contributed by atoms with Crippen molar-refractivity contribution < 1.29 is 13.3 Å². The fourth-order valence-corrected chi connectivity index (χ4v) is 5.41. The normalized spacial score (nSPS) is 16.1. The molecule has 1 aliphatic heterocycles. The molecular formula is C15H16ClN3O4S2. The zero-order chi connectivity index (χ0) is 18.0. The Balaban J connectivity index is 1.63. The molecule has 1 N–H and O–H groups in total. The Morgan fingerprint density at radius 1 is 1.28 bits per heavy atom. The topological polar surface area (TPSA) is 92.6 Å². The number of nitrogens with one attached hydrogen (secondary N) is 1. The van der Waals surface area contributed by atoms with Gasteiger partial charge in [0.2, 0.25) is 10.0 Å². The van der Waals surface area contributed by atoms with Crippen molar-refractivity contribution in [3.05, 3.63) is 50.8 Å². The average Bonchev–Trinajstić information content (AvgIpc) is 3.11. The number of thiophene rings is 1. The SMILES string of the molecule is O=[N+]([O-])c1ccc(N2CCC(NS(=O)(=O)c3cccs3)CC2)c(Cl)c1. The Bertz CT molecular complexity index is 863. The number of piperidine rings is 1. The Kier molecular flexibility index (Phi) is 5.28. The van der Waals surface area contributed by atoms with Crippen LogP contribution in [-0.2, 0) is 10.0 Å². The highest BCUT2D eigenvalue weighted by molar-refractivity contribution is 7.91. The number of halogens is 1. The number of rotatable bonds is 5. The molecule has 134 valence electrons. The zero-order valence-electron chi connectivity index (χ0n) is 13.1. The van der Waals surface area contributed by atoms with E-state index in [4.69, 9.17) is 11.6 Å². The predicted octanol–water partition coefficient (Wildman–Crippen LogP) is 3.26. The molecule has 0 bridgehead atoms. The zero-order valence-corrected chi connectivity index (χ0v) is 15.5. The van der Waals surface area contributed by atoms with Crippen LogP contribution in [0.1, 0.15) is 12.8 Å². The molecule has 1 aromatic carbocycles. The van der Waals surface area contributed by atoms with Crippen LogP contribution < -0.4 is 9.62 Å². The molecule has 0 saturated carbocycles. The van der Waals surface area contributed by atoms with Gasteiger partial charge in [-0.15, -0.1) is 11.3 Å². The van der Waals surface area contributed by atoms with Crippen molar-refractivity contribution in [2.24, 2.45) is 0 Å². The molecule has 0 spiro atoms. The molecule has 1 aromatic heterocycles. The van der Waals surface area contributed by atoms with Crippen molar-refractivity contribution in [3.63, 3.8) is 0 Å². The minimum Gasteiger partial charge on any atom is -0.370 e. The van der Waals surface area contributed by atoms with Crippen LogP contribution in [0.5, 0.6) is 0 Å². The molecule has 2 heterocycles. The molecule has 0 aliphatic carbocycles. The van der Waals surface area contributed by atoms with Crippen molar-refractivity contribution >= 4 is 44.3 Å². The monoisotopic (exact) mass is 401 g/mol. The van der Waals surface area contributed by atoms with Gasteiger partial charge in [-0.3, -0.25) is 10.1 Å². The summed E-state index contributed by atoms with van der Waals surface area (Å²) in [5, 5.41) is 12.8. The van der Waals surface area contributed by atoms with Gasteiger partial charge in [-0.1, -0.05) is 17.7 Å². The van der Waals surface area contributed by atoms with E-state index in [9.17, 15) is 18.5 Å². The van der Waals surface area contributed by atoms with Crippen molar-refractivity contribution in [1.82, 2.24) is 4.72 Å². The van der Waals surface area contributed by atoms with Crippen LogP contribution >= 0.6 is 22.9 Å². The van der Waals surface area contributed by atoms with Crippen LogP contribution in [0.15, 0.2) is 39.9 Å². The second kappa shape index (κ2) is 7.28. The lowest BCUT2D eigenvalue weighted by atomic mass is 10.1. The van der Waals surface area contributed by atoms with Gasteiger partial charge in [0.05, 0.1) is 15.6 Å². The first kappa shape index (κ1) is 18.1. The third kappa shape index (κ3) is 4.12. The highest BCUT2D eigenvalue weighted by Gasteiger charge is 2.26. The summed E-state index contributed by atoms with van der Waals surface area (Å²) in [6, 6.07) is 7.54. The number of non-ortho nitro benzene ring substituents is 1.